The van der Waals surface area contributed by atoms with Gasteiger partial charge in [0.25, 0.3) is 0 Å². The molecule has 0 spiro atoms. The van der Waals surface area contributed by atoms with Gasteiger partial charge in [-0.25, -0.2) is 0 Å². The number of para-hydroxylation sites is 2. The van der Waals surface area contributed by atoms with Gasteiger partial charge in [0.1, 0.15) is 5.75 Å². The maximum Gasteiger partial charge on any atom is 0.387 e. The number of amides is 2. The third-order valence-corrected chi connectivity index (χ3v) is 4.21. The van der Waals surface area contributed by atoms with Gasteiger partial charge in [0.05, 0.1) is 11.6 Å². The number of carbonyl (C=O) groups excluding carboxylic acids is 2. The average molecular weight is 381 g/mol. The predicted octanol–water partition coefficient (Wildman–Crippen LogP) is 3.93. The second-order valence-electron chi connectivity index (χ2n) is 5.75. The third kappa shape index (κ3) is 4.11. The van der Waals surface area contributed by atoms with E-state index in [9.17, 15) is 18.4 Å². The zero-order valence-electron chi connectivity index (χ0n) is 13.5. The van der Waals surface area contributed by atoms with Crippen LogP contribution < -0.4 is 15.0 Å². The van der Waals surface area contributed by atoms with Crippen LogP contribution in [0.1, 0.15) is 6.42 Å². The summed E-state index contributed by atoms with van der Waals surface area (Å²) in [7, 11) is 0. The van der Waals surface area contributed by atoms with Crippen molar-refractivity contribution >= 4 is 34.8 Å². The topological polar surface area (TPSA) is 58.6 Å². The Balaban J connectivity index is 1.71. The van der Waals surface area contributed by atoms with Crippen LogP contribution in [-0.4, -0.2) is 25.0 Å². The van der Waals surface area contributed by atoms with Crippen molar-refractivity contribution in [1.29, 1.82) is 0 Å². The van der Waals surface area contributed by atoms with E-state index in [1.54, 1.807) is 30.3 Å². The van der Waals surface area contributed by atoms with Crippen LogP contribution in [0.5, 0.6) is 5.75 Å². The highest BCUT2D eigenvalue weighted by Crippen LogP contribution is 2.30. The van der Waals surface area contributed by atoms with Gasteiger partial charge in [-0.3, -0.25) is 9.59 Å². The largest absolute Gasteiger partial charge is 0.433 e. The number of ether oxygens (including phenoxy) is 1. The fourth-order valence-corrected chi connectivity index (χ4v) is 2.96. The minimum absolute atomic E-state index is 0.0240. The molecular weight excluding hydrogens is 366 g/mol. The zero-order chi connectivity index (χ0) is 18.7. The number of benzene rings is 2. The minimum Gasteiger partial charge on any atom is -0.433 e. The highest BCUT2D eigenvalue weighted by atomic mass is 35.5. The first-order chi connectivity index (χ1) is 12.4. The van der Waals surface area contributed by atoms with Gasteiger partial charge >= 0.3 is 6.61 Å². The second kappa shape index (κ2) is 7.70. The van der Waals surface area contributed by atoms with Crippen LogP contribution in [0.3, 0.4) is 0 Å². The molecule has 1 atom stereocenters. The Hall–Kier alpha value is -2.67. The Bertz CT molecular complexity index is 832. The molecule has 0 radical (unpaired) electrons. The SMILES string of the molecule is O=C(Nc1ccccc1OC(F)F)[C@@H]1CC(=O)N(c2cccc(Cl)c2)C1. The molecule has 0 bridgehead atoms. The molecule has 1 aliphatic heterocycles. The smallest absolute Gasteiger partial charge is 0.387 e. The number of hydrogen-bond donors (Lipinski definition) is 1. The normalized spacial score (nSPS) is 16.8. The molecule has 1 fully saturated rings. The highest BCUT2D eigenvalue weighted by molar-refractivity contribution is 6.31. The van der Waals surface area contributed by atoms with E-state index >= 15 is 0 Å². The molecule has 1 N–H and O–H groups in total. The Kier molecular flexibility index (Phi) is 5.37. The Morgan fingerprint density at radius 1 is 1.23 bits per heavy atom. The van der Waals surface area contributed by atoms with E-state index < -0.39 is 18.4 Å². The zero-order valence-corrected chi connectivity index (χ0v) is 14.2. The molecule has 3 rings (SSSR count). The van der Waals surface area contributed by atoms with Crippen LogP contribution in [0.15, 0.2) is 48.5 Å². The summed E-state index contributed by atoms with van der Waals surface area (Å²) in [6.45, 7) is -2.82. The van der Waals surface area contributed by atoms with E-state index in [0.717, 1.165) is 0 Å². The van der Waals surface area contributed by atoms with Crippen molar-refractivity contribution in [2.45, 2.75) is 13.0 Å². The number of anilines is 2. The maximum atomic E-state index is 12.5. The van der Waals surface area contributed by atoms with E-state index in [2.05, 4.69) is 10.1 Å². The summed E-state index contributed by atoms with van der Waals surface area (Å²) in [6, 6.07) is 12.7. The quantitative estimate of drug-likeness (QED) is 0.855. The number of halogens is 3. The van der Waals surface area contributed by atoms with Gasteiger partial charge < -0.3 is 15.0 Å². The van der Waals surface area contributed by atoms with Crippen molar-refractivity contribution < 1.29 is 23.1 Å². The van der Waals surface area contributed by atoms with Gasteiger partial charge in [0, 0.05) is 23.7 Å². The first-order valence-corrected chi connectivity index (χ1v) is 8.22. The summed E-state index contributed by atoms with van der Waals surface area (Å²) < 4.78 is 29.3. The lowest BCUT2D eigenvalue weighted by atomic mass is 10.1. The molecule has 1 aliphatic rings. The summed E-state index contributed by atoms with van der Waals surface area (Å²) in [4.78, 5) is 26.2. The van der Waals surface area contributed by atoms with E-state index in [0.29, 0.717) is 10.7 Å². The van der Waals surface area contributed by atoms with Gasteiger partial charge in [0.15, 0.2) is 0 Å². The fraction of sp³-hybridized carbons (Fsp3) is 0.222. The summed E-state index contributed by atoms with van der Waals surface area (Å²) in [5, 5.41) is 3.05. The molecule has 1 saturated heterocycles. The summed E-state index contributed by atoms with van der Waals surface area (Å²) in [6.07, 6.45) is 0.0240. The standard InChI is InChI=1S/C18H15ClF2N2O3/c19-12-4-3-5-13(9-12)23-10-11(8-16(23)24)17(25)22-14-6-1-2-7-15(14)26-18(20)21/h1-7,9,11,18H,8,10H2,(H,22,25)/t11-/m1/s1. The lowest BCUT2D eigenvalue weighted by Crippen LogP contribution is -2.28. The number of nitrogens with one attached hydrogen (secondary N) is 1. The van der Waals surface area contributed by atoms with Crippen LogP contribution in [0, 0.1) is 5.92 Å². The molecular formula is C18H15ClF2N2O3. The van der Waals surface area contributed by atoms with Gasteiger partial charge in [-0.15, -0.1) is 0 Å². The molecule has 0 unspecified atom stereocenters. The van der Waals surface area contributed by atoms with Gasteiger partial charge in [-0.1, -0.05) is 29.8 Å². The maximum absolute atomic E-state index is 12.5. The van der Waals surface area contributed by atoms with E-state index in [-0.39, 0.29) is 30.3 Å². The fourth-order valence-electron chi connectivity index (χ4n) is 2.78. The van der Waals surface area contributed by atoms with Crippen molar-refractivity contribution in [3.8, 4) is 5.75 Å². The molecule has 1 heterocycles. The first-order valence-electron chi connectivity index (χ1n) is 7.84. The van der Waals surface area contributed by atoms with Crippen molar-refractivity contribution in [3.05, 3.63) is 53.6 Å². The number of nitrogens with zero attached hydrogens (tertiary/aromatic N) is 1. The van der Waals surface area contributed by atoms with Crippen molar-refractivity contribution in [1.82, 2.24) is 0 Å². The molecule has 0 saturated carbocycles. The van der Waals surface area contributed by atoms with Crippen LogP contribution >= 0.6 is 11.6 Å². The summed E-state index contributed by atoms with van der Waals surface area (Å²) in [5.41, 5.74) is 0.741. The van der Waals surface area contributed by atoms with Gasteiger partial charge in [-0.05, 0) is 30.3 Å². The molecule has 0 aliphatic carbocycles. The van der Waals surface area contributed by atoms with E-state index in [4.69, 9.17) is 11.6 Å². The number of carbonyl (C=O) groups is 2. The van der Waals surface area contributed by atoms with Crippen LogP contribution in [0.25, 0.3) is 0 Å². The van der Waals surface area contributed by atoms with Crippen LogP contribution in [-0.2, 0) is 9.59 Å². The number of alkyl halides is 2. The van der Waals surface area contributed by atoms with Crippen molar-refractivity contribution in [3.63, 3.8) is 0 Å². The molecule has 5 nitrogen and oxygen atoms in total. The minimum atomic E-state index is -3.00. The number of hydrogen-bond acceptors (Lipinski definition) is 3. The van der Waals surface area contributed by atoms with E-state index in [1.165, 1.54) is 23.1 Å². The lowest BCUT2D eigenvalue weighted by molar-refractivity contribution is -0.122. The van der Waals surface area contributed by atoms with Crippen LogP contribution in [0.2, 0.25) is 5.02 Å². The molecule has 26 heavy (non-hydrogen) atoms. The second-order valence-corrected chi connectivity index (χ2v) is 6.19. The third-order valence-electron chi connectivity index (χ3n) is 3.98. The molecule has 2 aromatic carbocycles. The summed E-state index contributed by atoms with van der Waals surface area (Å²) >= 11 is 5.94. The monoisotopic (exact) mass is 380 g/mol. The molecule has 0 aromatic heterocycles. The van der Waals surface area contributed by atoms with Crippen molar-refractivity contribution in [2.75, 3.05) is 16.8 Å². The first kappa shape index (κ1) is 18.1. The molecule has 2 aromatic rings. The molecule has 136 valence electrons. The highest BCUT2D eigenvalue weighted by Gasteiger charge is 2.35. The Morgan fingerprint density at radius 3 is 2.73 bits per heavy atom. The lowest BCUT2D eigenvalue weighted by Gasteiger charge is -2.17. The van der Waals surface area contributed by atoms with Gasteiger partial charge in [-0.2, -0.15) is 8.78 Å². The summed E-state index contributed by atoms with van der Waals surface area (Å²) in [5.74, 6) is -1.38. The Morgan fingerprint density at radius 2 is 2.00 bits per heavy atom. The molecule has 8 heteroatoms. The molecule has 2 amide bonds. The number of rotatable bonds is 5. The van der Waals surface area contributed by atoms with Gasteiger partial charge in [0.2, 0.25) is 11.8 Å². The average Bonchev–Trinajstić information content (AvgIpc) is 2.98. The van der Waals surface area contributed by atoms with Crippen molar-refractivity contribution in [2.24, 2.45) is 5.92 Å². The van der Waals surface area contributed by atoms with Crippen LogP contribution in [0.4, 0.5) is 20.2 Å². The Labute approximate surface area is 153 Å². The predicted molar refractivity (Wildman–Crippen MR) is 93.6 cm³/mol. The van der Waals surface area contributed by atoms with E-state index in [1.807, 2.05) is 0 Å².